The van der Waals surface area contributed by atoms with Crippen molar-refractivity contribution in [2.45, 2.75) is 20.3 Å². The highest BCUT2D eigenvalue weighted by Crippen LogP contribution is 2.29. The highest BCUT2D eigenvalue weighted by Gasteiger charge is 2.07. The van der Waals surface area contributed by atoms with E-state index in [0.717, 1.165) is 12.2 Å². The van der Waals surface area contributed by atoms with Gasteiger partial charge >= 0.3 is 0 Å². The van der Waals surface area contributed by atoms with Crippen LogP contribution in [-0.4, -0.2) is 43.4 Å². The zero-order valence-corrected chi connectivity index (χ0v) is 17.2. The molecule has 1 aromatic heterocycles. The molecule has 8 nitrogen and oxygen atoms in total. The van der Waals surface area contributed by atoms with Crippen LogP contribution in [0.2, 0.25) is 0 Å². The summed E-state index contributed by atoms with van der Waals surface area (Å²) in [6, 6.07) is 5.59. The van der Waals surface area contributed by atoms with Gasteiger partial charge in [0.25, 0.3) is 0 Å². The highest BCUT2D eigenvalue weighted by molar-refractivity contribution is 14.0. The maximum Gasteiger partial charge on any atom is 0.228 e. The number of rotatable bonds is 7. The SMILES string of the molecule is CCNC(=NCCc1nc(C)no1)Nc1ccc(OC)c(OC)c1.I. The van der Waals surface area contributed by atoms with Gasteiger partial charge in [0.15, 0.2) is 23.3 Å². The standard InChI is InChI=1S/C16H23N5O3.HI/c1-5-17-16(18-9-8-15-19-11(2)21-24-15)20-12-6-7-13(22-3)14(10-12)23-4;/h6-7,10H,5,8-9H2,1-4H3,(H2,17,18,20);1H. The van der Waals surface area contributed by atoms with E-state index in [1.165, 1.54) is 0 Å². The Morgan fingerprint density at radius 2 is 2.00 bits per heavy atom. The van der Waals surface area contributed by atoms with Gasteiger partial charge in [0.1, 0.15) is 0 Å². The molecule has 0 aliphatic carbocycles. The van der Waals surface area contributed by atoms with E-state index in [0.29, 0.717) is 42.1 Å². The van der Waals surface area contributed by atoms with Crippen LogP contribution in [0.1, 0.15) is 18.6 Å². The van der Waals surface area contributed by atoms with Gasteiger partial charge in [-0.05, 0) is 26.0 Å². The number of ether oxygens (including phenoxy) is 2. The molecule has 0 fully saturated rings. The molecule has 0 bridgehead atoms. The van der Waals surface area contributed by atoms with Crippen molar-refractivity contribution in [3.05, 3.63) is 29.9 Å². The lowest BCUT2D eigenvalue weighted by Crippen LogP contribution is -2.30. The number of nitrogens with zero attached hydrogens (tertiary/aromatic N) is 3. The first-order valence-electron chi connectivity index (χ1n) is 7.72. The van der Waals surface area contributed by atoms with Crippen molar-refractivity contribution in [3.63, 3.8) is 0 Å². The van der Waals surface area contributed by atoms with Crippen molar-refractivity contribution in [1.29, 1.82) is 0 Å². The molecular weight excluding hydrogens is 437 g/mol. The summed E-state index contributed by atoms with van der Waals surface area (Å²) in [5.74, 6) is 3.21. The predicted molar refractivity (Wildman–Crippen MR) is 107 cm³/mol. The maximum atomic E-state index is 5.31. The molecule has 2 rings (SSSR count). The van der Waals surface area contributed by atoms with Crippen molar-refractivity contribution in [2.75, 3.05) is 32.6 Å². The molecule has 0 aliphatic heterocycles. The van der Waals surface area contributed by atoms with Gasteiger partial charge in [-0.2, -0.15) is 4.98 Å². The minimum absolute atomic E-state index is 0. The van der Waals surface area contributed by atoms with Crippen LogP contribution in [0, 0.1) is 6.92 Å². The average molecular weight is 461 g/mol. The van der Waals surface area contributed by atoms with E-state index < -0.39 is 0 Å². The van der Waals surface area contributed by atoms with Crippen LogP contribution in [-0.2, 0) is 6.42 Å². The Morgan fingerprint density at radius 3 is 2.60 bits per heavy atom. The van der Waals surface area contributed by atoms with Gasteiger partial charge in [-0.3, -0.25) is 4.99 Å². The number of guanidine groups is 1. The third kappa shape index (κ3) is 6.40. The fraction of sp³-hybridized carbons (Fsp3) is 0.438. The third-order valence-corrected chi connectivity index (χ3v) is 3.16. The fourth-order valence-electron chi connectivity index (χ4n) is 2.06. The quantitative estimate of drug-likeness (QED) is 0.372. The molecular formula is C16H24IN5O3. The summed E-state index contributed by atoms with van der Waals surface area (Å²) >= 11 is 0. The van der Waals surface area contributed by atoms with Crippen LogP contribution < -0.4 is 20.1 Å². The van der Waals surface area contributed by atoms with Crippen LogP contribution in [0.3, 0.4) is 0 Å². The first-order valence-corrected chi connectivity index (χ1v) is 7.72. The Kier molecular flexibility index (Phi) is 9.03. The summed E-state index contributed by atoms with van der Waals surface area (Å²) in [6.45, 7) is 5.08. The van der Waals surface area contributed by atoms with Gasteiger partial charge in [0.05, 0.1) is 20.8 Å². The zero-order valence-electron chi connectivity index (χ0n) is 14.8. The summed E-state index contributed by atoms with van der Waals surface area (Å²) in [7, 11) is 3.21. The van der Waals surface area contributed by atoms with Gasteiger partial charge in [0, 0.05) is 24.7 Å². The minimum Gasteiger partial charge on any atom is -0.493 e. The second-order valence-corrected chi connectivity index (χ2v) is 4.94. The van der Waals surface area contributed by atoms with E-state index in [1.54, 1.807) is 21.1 Å². The number of aromatic nitrogens is 2. The molecule has 9 heteroatoms. The van der Waals surface area contributed by atoms with Gasteiger partial charge in [-0.25, -0.2) is 0 Å². The first-order chi connectivity index (χ1) is 11.7. The second kappa shape index (κ2) is 10.7. The lowest BCUT2D eigenvalue weighted by Gasteiger charge is -2.13. The molecule has 138 valence electrons. The molecule has 0 atom stereocenters. The number of nitrogens with one attached hydrogen (secondary N) is 2. The van der Waals surface area contributed by atoms with Crippen LogP contribution >= 0.6 is 24.0 Å². The number of methoxy groups -OCH3 is 2. The normalized spacial score (nSPS) is 10.8. The lowest BCUT2D eigenvalue weighted by atomic mass is 10.3. The monoisotopic (exact) mass is 461 g/mol. The van der Waals surface area contributed by atoms with Crippen molar-refractivity contribution >= 4 is 35.6 Å². The Labute approximate surface area is 164 Å². The van der Waals surface area contributed by atoms with E-state index in [-0.39, 0.29) is 24.0 Å². The van der Waals surface area contributed by atoms with E-state index in [4.69, 9.17) is 14.0 Å². The van der Waals surface area contributed by atoms with Crippen molar-refractivity contribution in [1.82, 2.24) is 15.5 Å². The van der Waals surface area contributed by atoms with Crippen molar-refractivity contribution in [2.24, 2.45) is 4.99 Å². The summed E-state index contributed by atoms with van der Waals surface area (Å²) in [5, 5.41) is 10.2. The minimum atomic E-state index is 0. The number of hydrogen-bond donors (Lipinski definition) is 2. The Bertz CT molecular complexity index is 690. The Morgan fingerprint density at radius 1 is 1.24 bits per heavy atom. The summed E-state index contributed by atoms with van der Waals surface area (Å²) in [5.41, 5.74) is 0.848. The molecule has 25 heavy (non-hydrogen) atoms. The molecule has 2 N–H and O–H groups in total. The summed E-state index contributed by atoms with van der Waals surface area (Å²) < 4.78 is 15.6. The van der Waals surface area contributed by atoms with Crippen LogP contribution in [0.4, 0.5) is 5.69 Å². The van der Waals surface area contributed by atoms with Crippen LogP contribution in [0.15, 0.2) is 27.7 Å². The molecule has 1 aromatic carbocycles. The molecule has 1 heterocycles. The van der Waals surface area contributed by atoms with Crippen LogP contribution in [0.25, 0.3) is 0 Å². The topological polar surface area (TPSA) is 93.8 Å². The van der Waals surface area contributed by atoms with Gasteiger partial charge < -0.3 is 24.6 Å². The van der Waals surface area contributed by atoms with Gasteiger partial charge in [0.2, 0.25) is 5.89 Å². The van der Waals surface area contributed by atoms with E-state index in [2.05, 4.69) is 25.8 Å². The molecule has 0 aliphatic rings. The molecule has 0 saturated carbocycles. The molecule has 0 radical (unpaired) electrons. The maximum absolute atomic E-state index is 5.31. The van der Waals surface area contributed by atoms with Gasteiger partial charge in [-0.1, -0.05) is 5.16 Å². The van der Waals surface area contributed by atoms with Crippen molar-refractivity contribution < 1.29 is 14.0 Å². The number of halogens is 1. The number of anilines is 1. The Balaban J connectivity index is 0.00000312. The highest BCUT2D eigenvalue weighted by atomic mass is 127. The number of aryl methyl sites for hydroxylation is 1. The van der Waals surface area contributed by atoms with E-state index >= 15 is 0 Å². The number of benzene rings is 1. The van der Waals surface area contributed by atoms with Crippen LogP contribution in [0.5, 0.6) is 11.5 Å². The number of hydrogen-bond acceptors (Lipinski definition) is 6. The van der Waals surface area contributed by atoms with E-state index in [9.17, 15) is 0 Å². The predicted octanol–water partition coefficient (Wildman–Crippen LogP) is 2.63. The first kappa shape index (κ1) is 21.0. The van der Waals surface area contributed by atoms with E-state index in [1.807, 2.05) is 25.1 Å². The Hall–Kier alpha value is -2.04. The second-order valence-electron chi connectivity index (χ2n) is 4.94. The summed E-state index contributed by atoms with van der Waals surface area (Å²) in [6.07, 6.45) is 0.587. The van der Waals surface area contributed by atoms with Crippen molar-refractivity contribution in [3.8, 4) is 11.5 Å². The molecule has 0 amide bonds. The third-order valence-electron chi connectivity index (χ3n) is 3.16. The molecule has 0 unspecified atom stereocenters. The largest absolute Gasteiger partial charge is 0.493 e. The van der Waals surface area contributed by atoms with Gasteiger partial charge in [-0.15, -0.1) is 24.0 Å². The summed E-state index contributed by atoms with van der Waals surface area (Å²) in [4.78, 5) is 8.67. The molecule has 2 aromatic rings. The average Bonchev–Trinajstić information content (AvgIpc) is 3.00. The molecule has 0 saturated heterocycles. The molecule has 0 spiro atoms. The lowest BCUT2D eigenvalue weighted by molar-refractivity contribution is 0.355. The smallest absolute Gasteiger partial charge is 0.228 e. The zero-order chi connectivity index (χ0) is 17.4. The number of aliphatic imine (C=N–C) groups is 1. The fourth-order valence-corrected chi connectivity index (χ4v) is 2.06.